The van der Waals surface area contributed by atoms with Crippen molar-refractivity contribution < 1.29 is 4.42 Å². The second kappa shape index (κ2) is 6.66. The van der Waals surface area contributed by atoms with E-state index < -0.39 is 0 Å². The van der Waals surface area contributed by atoms with Gasteiger partial charge in [0.1, 0.15) is 0 Å². The number of furan rings is 1. The van der Waals surface area contributed by atoms with Gasteiger partial charge in [0.2, 0.25) is 0 Å². The SMILES string of the molecule is Sc1ccccc1.c1csc(-c2occ3ccccc23)c1. The highest BCUT2D eigenvalue weighted by atomic mass is 32.1. The predicted octanol–water partition coefficient (Wildman–Crippen LogP) is 6.14. The molecule has 0 atom stereocenters. The maximum atomic E-state index is 5.57. The van der Waals surface area contributed by atoms with Crippen molar-refractivity contribution in [3.05, 3.63) is 78.4 Å². The molecule has 0 radical (unpaired) electrons. The Hall–Kier alpha value is -1.97. The first-order chi connectivity index (χ1) is 10.3. The van der Waals surface area contributed by atoms with Crippen LogP contribution in [0, 0.1) is 0 Å². The molecule has 4 rings (SSSR count). The second-order valence-electron chi connectivity index (χ2n) is 4.46. The molecule has 0 spiro atoms. The number of thiol groups is 1. The first-order valence-electron chi connectivity index (χ1n) is 6.59. The largest absolute Gasteiger partial charge is 0.462 e. The molecule has 0 saturated heterocycles. The van der Waals surface area contributed by atoms with E-state index in [1.54, 1.807) is 11.3 Å². The summed E-state index contributed by atoms with van der Waals surface area (Å²) in [7, 11) is 0. The van der Waals surface area contributed by atoms with E-state index >= 15 is 0 Å². The van der Waals surface area contributed by atoms with Crippen LogP contribution in [0.2, 0.25) is 0 Å². The van der Waals surface area contributed by atoms with Gasteiger partial charge in [-0.25, -0.2) is 0 Å². The van der Waals surface area contributed by atoms with E-state index in [4.69, 9.17) is 4.42 Å². The van der Waals surface area contributed by atoms with E-state index in [1.807, 2.05) is 54.8 Å². The second-order valence-corrected chi connectivity index (χ2v) is 5.93. The van der Waals surface area contributed by atoms with Crippen LogP contribution in [0.25, 0.3) is 21.4 Å². The molecule has 0 aliphatic carbocycles. The number of hydrogen-bond acceptors (Lipinski definition) is 3. The summed E-state index contributed by atoms with van der Waals surface area (Å²) in [5.41, 5.74) is 0. The van der Waals surface area contributed by atoms with Crippen molar-refractivity contribution in [1.29, 1.82) is 0 Å². The van der Waals surface area contributed by atoms with Crippen molar-refractivity contribution in [2.75, 3.05) is 0 Å². The van der Waals surface area contributed by atoms with Crippen LogP contribution in [-0.2, 0) is 0 Å². The predicted molar refractivity (Wildman–Crippen MR) is 93.2 cm³/mol. The Morgan fingerprint density at radius 1 is 0.810 bits per heavy atom. The fourth-order valence-electron chi connectivity index (χ4n) is 2.02. The summed E-state index contributed by atoms with van der Waals surface area (Å²) in [4.78, 5) is 2.20. The molecule has 0 aliphatic rings. The van der Waals surface area contributed by atoms with Gasteiger partial charge in [-0.15, -0.1) is 24.0 Å². The number of benzene rings is 2. The molecular formula is C18H14OS2. The van der Waals surface area contributed by atoms with Crippen molar-refractivity contribution in [2.24, 2.45) is 0 Å². The Morgan fingerprint density at radius 2 is 1.57 bits per heavy atom. The average Bonchev–Trinajstić information content (AvgIpc) is 3.17. The minimum atomic E-state index is 0.982. The van der Waals surface area contributed by atoms with E-state index in [2.05, 4.69) is 36.2 Å². The van der Waals surface area contributed by atoms with Gasteiger partial charge in [0, 0.05) is 15.7 Å². The molecule has 21 heavy (non-hydrogen) atoms. The van der Waals surface area contributed by atoms with E-state index in [0.717, 1.165) is 16.0 Å². The highest BCUT2D eigenvalue weighted by Gasteiger charge is 2.07. The molecule has 4 aromatic rings. The third-order valence-corrected chi connectivity index (χ3v) is 4.18. The van der Waals surface area contributed by atoms with Crippen LogP contribution in [0.4, 0.5) is 0 Å². The van der Waals surface area contributed by atoms with Crippen LogP contribution in [0.5, 0.6) is 0 Å². The van der Waals surface area contributed by atoms with Gasteiger partial charge in [0.05, 0.1) is 11.1 Å². The van der Waals surface area contributed by atoms with E-state index in [1.165, 1.54) is 10.3 Å². The lowest BCUT2D eigenvalue weighted by Gasteiger charge is -1.91. The minimum Gasteiger partial charge on any atom is -0.462 e. The van der Waals surface area contributed by atoms with Gasteiger partial charge in [-0.3, -0.25) is 0 Å². The third kappa shape index (κ3) is 3.38. The van der Waals surface area contributed by atoms with Crippen LogP contribution in [0.3, 0.4) is 0 Å². The quantitative estimate of drug-likeness (QED) is 0.417. The molecule has 0 N–H and O–H groups in total. The number of thiophene rings is 1. The molecule has 2 heterocycles. The summed E-state index contributed by atoms with van der Waals surface area (Å²) >= 11 is 5.79. The standard InChI is InChI=1S/C12H8OS.C6H6S/c1-2-5-10-9(4-1)8-13-12(10)11-6-3-7-14-11;7-6-4-2-1-3-5-6/h1-8H;1-5,7H. The first kappa shape index (κ1) is 14.0. The topological polar surface area (TPSA) is 13.1 Å². The number of hydrogen-bond donors (Lipinski definition) is 1. The van der Waals surface area contributed by atoms with E-state index in [9.17, 15) is 0 Å². The average molecular weight is 310 g/mol. The summed E-state index contributed by atoms with van der Waals surface area (Å²) in [5, 5.41) is 4.41. The number of rotatable bonds is 1. The van der Waals surface area contributed by atoms with Gasteiger partial charge in [0.25, 0.3) is 0 Å². The maximum Gasteiger partial charge on any atom is 0.151 e. The zero-order valence-electron chi connectivity index (χ0n) is 11.3. The van der Waals surface area contributed by atoms with Crippen LogP contribution in [0.15, 0.2) is 87.7 Å². The van der Waals surface area contributed by atoms with Crippen molar-refractivity contribution in [1.82, 2.24) is 0 Å². The molecule has 0 saturated carbocycles. The van der Waals surface area contributed by atoms with Gasteiger partial charge in [-0.1, -0.05) is 48.5 Å². The van der Waals surface area contributed by atoms with Crippen molar-refractivity contribution in [3.8, 4) is 10.6 Å². The summed E-state index contributed by atoms with van der Waals surface area (Å²) in [6.07, 6.45) is 1.81. The van der Waals surface area contributed by atoms with Gasteiger partial charge in [-0.2, -0.15) is 0 Å². The zero-order chi connectivity index (χ0) is 14.5. The lowest BCUT2D eigenvalue weighted by atomic mass is 10.2. The van der Waals surface area contributed by atoms with Gasteiger partial charge < -0.3 is 4.42 Å². The lowest BCUT2D eigenvalue weighted by Crippen LogP contribution is -1.67. The molecular weight excluding hydrogens is 296 g/mol. The highest BCUT2D eigenvalue weighted by molar-refractivity contribution is 7.80. The summed E-state index contributed by atoms with van der Waals surface area (Å²) < 4.78 is 5.57. The Morgan fingerprint density at radius 3 is 2.24 bits per heavy atom. The number of fused-ring (bicyclic) bond motifs is 1. The molecule has 0 unspecified atom stereocenters. The summed E-state index contributed by atoms with van der Waals surface area (Å²) in [5.74, 6) is 0.982. The Labute approximate surface area is 133 Å². The zero-order valence-corrected chi connectivity index (χ0v) is 13.0. The summed E-state index contributed by atoms with van der Waals surface area (Å²) in [6, 6.07) is 22.1. The fourth-order valence-corrected chi connectivity index (χ4v) is 2.92. The van der Waals surface area contributed by atoms with Crippen LogP contribution < -0.4 is 0 Å². The van der Waals surface area contributed by atoms with Crippen LogP contribution >= 0.6 is 24.0 Å². The third-order valence-electron chi connectivity index (χ3n) is 3.01. The molecule has 0 amide bonds. The molecule has 2 aromatic heterocycles. The molecule has 2 aromatic carbocycles. The molecule has 0 bridgehead atoms. The van der Waals surface area contributed by atoms with Gasteiger partial charge in [0.15, 0.2) is 5.76 Å². The monoisotopic (exact) mass is 310 g/mol. The van der Waals surface area contributed by atoms with Crippen molar-refractivity contribution >= 4 is 34.7 Å². The molecule has 1 nitrogen and oxygen atoms in total. The van der Waals surface area contributed by atoms with Gasteiger partial charge >= 0.3 is 0 Å². The fraction of sp³-hybridized carbons (Fsp3) is 0. The Kier molecular flexibility index (Phi) is 4.43. The van der Waals surface area contributed by atoms with Crippen LogP contribution in [-0.4, -0.2) is 0 Å². The van der Waals surface area contributed by atoms with Crippen molar-refractivity contribution in [3.63, 3.8) is 0 Å². The van der Waals surface area contributed by atoms with Gasteiger partial charge in [-0.05, 0) is 23.6 Å². The molecule has 0 fully saturated rings. The molecule has 0 aliphatic heterocycles. The maximum absolute atomic E-state index is 5.57. The normalized spacial score (nSPS) is 10.1. The van der Waals surface area contributed by atoms with Crippen molar-refractivity contribution in [2.45, 2.75) is 4.90 Å². The highest BCUT2D eigenvalue weighted by Crippen LogP contribution is 2.32. The summed E-state index contributed by atoms with van der Waals surface area (Å²) in [6.45, 7) is 0. The molecule has 3 heteroatoms. The van der Waals surface area contributed by atoms with Crippen LogP contribution in [0.1, 0.15) is 0 Å². The lowest BCUT2D eigenvalue weighted by molar-refractivity contribution is 0.588. The smallest absolute Gasteiger partial charge is 0.151 e. The van der Waals surface area contributed by atoms with E-state index in [-0.39, 0.29) is 0 Å². The first-order valence-corrected chi connectivity index (χ1v) is 7.91. The molecule has 104 valence electrons. The van der Waals surface area contributed by atoms with E-state index in [0.29, 0.717) is 0 Å². The Balaban J connectivity index is 0.000000160. The minimum absolute atomic E-state index is 0.982. The Bertz CT molecular complexity index is 801.